The molecule has 0 aliphatic heterocycles. The molecule has 2 aromatic rings. The summed E-state index contributed by atoms with van der Waals surface area (Å²) in [5, 5.41) is 0. The first-order valence-corrected chi connectivity index (χ1v) is 2.78. The molecule has 2 rings (SSSR count). The van der Waals surface area contributed by atoms with E-state index in [1.165, 1.54) is 16.9 Å². The van der Waals surface area contributed by atoms with E-state index < -0.39 is 0 Å². The van der Waals surface area contributed by atoms with Crippen LogP contribution in [-0.4, -0.2) is 9.38 Å². The van der Waals surface area contributed by atoms with Gasteiger partial charge in [0.25, 0.3) is 0 Å². The number of hydrogen-bond acceptors (Lipinski definition) is 3. The van der Waals surface area contributed by atoms with Crippen molar-refractivity contribution in [3.63, 3.8) is 0 Å². The molecule has 0 unspecified atom stereocenters. The van der Waals surface area contributed by atoms with E-state index in [4.69, 9.17) is 0 Å². The molecule has 5 heteroatoms. The largest absolute Gasteiger partial charge is 0.423 e. The predicted octanol–water partition coefficient (Wildman–Crippen LogP) is 0.709. The molecule has 2 heterocycles. The van der Waals surface area contributed by atoms with Crippen LogP contribution in [0.25, 0.3) is 5.52 Å². The summed E-state index contributed by atoms with van der Waals surface area (Å²) in [4.78, 5) is 14.6. The maximum absolute atomic E-state index is 10.7. The smallest absolute Gasteiger partial charge is 0.415 e. The lowest BCUT2D eigenvalue weighted by Gasteiger charge is -1.83. The Hall–Kier alpha value is -1.29. The highest BCUT2D eigenvalue weighted by molar-refractivity contribution is 5.85. The highest BCUT2D eigenvalue weighted by atomic mass is 35.5. The van der Waals surface area contributed by atoms with Gasteiger partial charge in [-0.25, -0.2) is 9.20 Å². The lowest BCUT2D eigenvalue weighted by Crippen LogP contribution is -2.04. The normalized spacial score (nSPS) is 9.45. The Morgan fingerprint density at radius 1 is 1.55 bits per heavy atom. The van der Waals surface area contributed by atoms with Crippen molar-refractivity contribution in [1.29, 1.82) is 0 Å². The fourth-order valence-corrected chi connectivity index (χ4v) is 0.794. The number of oxazole rings is 1. The molecule has 58 valence electrons. The van der Waals surface area contributed by atoms with Crippen LogP contribution in [0.5, 0.6) is 0 Å². The maximum Gasteiger partial charge on any atom is 0.423 e. The molecule has 0 atom stereocenters. The molecule has 0 aliphatic carbocycles. The van der Waals surface area contributed by atoms with Crippen molar-refractivity contribution in [1.82, 2.24) is 9.38 Å². The Kier molecular flexibility index (Phi) is 1.96. The monoisotopic (exact) mass is 172 g/mol. The van der Waals surface area contributed by atoms with E-state index in [2.05, 4.69) is 9.40 Å². The fourth-order valence-electron chi connectivity index (χ4n) is 0.794. The molecule has 2 aromatic heterocycles. The van der Waals surface area contributed by atoms with Gasteiger partial charge in [-0.1, -0.05) is 0 Å². The molecule has 11 heavy (non-hydrogen) atoms. The Labute approximate surface area is 67.9 Å². The Bertz CT molecular complexity index is 406. The second-order valence-corrected chi connectivity index (χ2v) is 1.87. The van der Waals surface area contributed by atoms with Crippen molar-refractivity contribution < 1.29 is 4.42 Å². The van der Waals surface area contributed by atoms with E-state index in [9.17, 15) is 4.79 Å². The van der Waals surface area contributed by atoms with Gasteiger partial charge in [-0.3, -0.25) is 4.98 Å². The highest BCUT2D eigenvalue weighted by Crippen LogP contribution is 1.94. The van der Waals surface area contributed by atoms with Crippen LogP contribution < -0.4 is 5.76 Å². The first kappa shape index (κ1) is 7.81. The molecular weight excluding hydrogens is 168 g/mol. The average Bonchev–Trinajstić information content (AvgIpc) is 2.34. The van der Waals surface area contributed by atoms with Gasteiger partial charge < -0.3 is 4.42 Å². The highest BCUT2D eigenvalue weighted by Gasteiger charge is 1.95. The molecule has 0 saturated heterocycles. The summed E-state index contributed by atoms with van der Waals surface area (Å²) in [6.45, 7) is 0. The van der Waals surface area contributed by atoms with Crippen LogP contribution in [0.3, 0.4) is 0 Å². The van der Waals surface area contributed by atoms with E-state index >= 15 is 0 Å². The number of halogens is 1. The van der Waals surface area contributed by atoms with E-state index in [-0.39, 0.29) is 18.2 Å². The molecule has 0 aromatic carbocycles. The summed E-state index contributed by atoms with van der Waals surface area (Å²) in [6.07, 6.45) is 6.02. The first-order valence-electron chi connectivity index (χ1n) is 2.78. The van der Waals surface area contributed by atoms with Gasteiger partial charge in [0.05, 0.1) is 6.20 Å². The molecule has 0 fully saturated rings. The SMILES string of the molecule is Cl.O=c1occ2cnccn12. The van der Waals surface area contributed by atoms with Crippen molar-refractivity contribution >= 4 is 17.9 Å². The zero-order valence-corrected chi connectivity index (χ0v) is 6.25. The molecule has 0 N–H and O–H groups in total. The van der Waals surface area contributed by atoms with E-state index in [0.29, 0.717) is 5.52 Å². The Balaban J connectivity index is 0.000000605. The van der Waals surface area contributed by atoms with Gasteiger partial charge in [0, 0.05) is 12.4 Å². The number of fused-ring (bicyclic) bond motifs is 1. The van der Waals surface area contributed by atoms with Gasteiger partial charge in [-0.15, -0.1) is 12.4 Å². The van der Waals surface area contributed by atoms with Crippen molar-refractivity contribution in [3.05, 3.63) is 35.4 Å². The molecule has 0 aliphatic rings. The maximum atomic E-state index is 10.7. The lowest BCUT2D eigenvalue weighted by atomic mass is 10.6. The average molecular weight is 173 g/mol. The van der Waals surface area contributed by atoms with Crippen molar-refractivity contribution in [3.8, 4) is 0 Å². The predicted molar refractivity (Wildman–Crippen MR) is 41.0 cm³/mol. The minimum absolute atomic E-state index is 0. The van der Waals surface area contributed by atoms with Gasteiger partial charge in [0.1, 0.15) is 11.8 Å². The molecule has 0 amide bonds. The van der Waals surface area contributed by atoms with Crippen molar-refractivity contribution in [2.75, 3.05) is 0 Å². The van der Waals surface area contributed by atoms with E-state index in [1.54, 1.807) is 12.4 Å². The first-order chi connectivity index (χ1) is 4.88. The summed E-state index contributed by atoms with van der Waals surface area (Å²) < 4.78 is 5.96. The summed E-state index contributed by atoms with van der Waals surface area (Å²) >= 11 is 0. The Morgan fingerprint density at radius 3 is 3.09 bits per heavy atom. The fraction of sp³-hybridized carbons (Fsp3) is 0. The molecular formula is C6H5ClN2O2. The standard InChI is InChI=1S/C6H4N2O2.ClH/c9-6-8-2-1-7-3-5(8)4-10-6;/h1-4H;1H. The topological polar surface area (TPSA) is 47.5 Å². The third-order valence-corrected chi connectivity index (χ3v) is 1.26. The Morgan fingerprint density at radius 2 is 2.36 bits per heavy atom. The van der Waals surface area contributed by atoms with Gasteiger partial charge in [-0.2, -0.15) is 0 Å². The van der Waals surface area contributed by atoms with Gasteiger partial charge in [0.15, 0.2) is 0 Å². The summed E-state index contributed by atoms with van der Waals surface area (Å²) in [6, 6.07) is 0. The summed E-state index contributed by atoms with van der Waals surface area (Å²) in [5.74, 6) is -0.377. The summed E-state index contributed by atoms with van der Waals surface area (Å²) in [7, 11) is 0. The molecule has 4 nitrogen and oxygen atoms in total. The number of rotatable bonds is 0. The third kappa shape index (κ3) is 1.12. The third-order valence-electron chi connectivity index (χ3n) is 1.26. The van der Waals surface area contributed by atoms with Crippen molar-refractivity contribution in [2.24, 2.45) is 0 Å². The van der Waals surface area contributed by atoms with Crippen LogP contribution in [0.2, 0.25) is 0 Å². The molecule has 0 spiro atoms. The van der Waals surface area contributed by atoms with Crippen LogP contribution in [-0.2, 0) is 0 Å². The minimum atomic E-state index is -0.377. The molecule has 0 bridgehead atoms. The van der Waals surface area contributed by atoms with Crippen LogP contribution in [0, 0.1) is 0 Å². The number of nitrogens with zero attached hydrogens (tertiary/aromatic N) is 2. The van der Waals surface area contributed by atoms with Gasteiger partial charge in [0.2, 0.25) is 0 Å². The summed E-state index contributed by atoms with van der Waals surface area (Å²) in [5.41, 5.74) is 0.674. The lowest BCUT2D eigenvalue weighted by molar-refractivity contribution is 0.508. The van der Waals surface area contributed by atoms with Crippen LogP contribution in [0.4, 0.5) is 0 Å². The van der Waals surface area contributed by atoms with Crippen LogP contribution in [0.15, 0.2) is 34.1 Å². The second-order valence-electron chi connectivity index (χ2n) is 1.87. The van der Waals surface area contributed by atoms with Crippen LogP contribution >= 0.6 is 12.4 Å². The number of hydrogen-bond donors (Lipinski definition) is 0. The quantitative estimate of drug-likeness (QED) is 0.588. The van der Waals surface area contributed by atoms with E-state index in [0.717, 1.165) is 0 Å². The minimum Gasteiger partial charge on any atom is -0.415 e. The molecule has 0 saturated carbocycles. The van der Waals surface area contributed by atoms with Crippen molar-refractivity contribution in [2.45, 2.75) is 0 Å². The van der Waals surface area contributed by atoms with Crippen LogP contribution in [0.1, 0.15) is 0 Å². The molecule has 0 radical (unpaired) electrons. The van der Waals surface area contributed by atoms with Gasteiger partial charge >= 0.3 is 5.76 Å². The zero-order chi connectivity index (χ0) is 6.97. The van der Waals surface area contributed by atoms with Gasteiger partial charge in [-0.05, 0) is 0 Å². The van der Waals surface area contributed by atoms with E-state index in [1.807, 2.05) is 0 Å². The zero-order valence-electron chi connectivity index (χ0n) is 5.43. The second kappa shape index (κ2) is 2.75. The number of aromatic nitrogens is 2.